The third-order valence-corrected chi connectivity index (χ3v) is 2.10. The van der Waals surface area contributed by atoms with Crippen molar-refractivity contribution in [2.45, 2.75) is 32.4 Å². The number of carboxylic acid groups (broad SMARTS) is 1. The summed E-state index contributed by atoms with van der Waals surface area (Å²) >= 11 is 0. The van der Waals surface area contributed by atoms with Crippen LogP contribution in [0, 0.1) is 0 Å². The van der Waals surface area contributed by atoms with Crippen LogP contribution in [0.5, 0.6) is 0 Å². The van der Waals surface area contributed by atoms with Gasteiger partial charge in [-0.2, -0.15) is 0 Å². The fourth-order valence-corrected chi connectivity index (χ4v) is 1.46. The molecule has 0 saturated carbocycles. The number of alkyl carbamates (subject to hydrolysis) is 1. The molecule has 0 aliphatic rings. The van der Waals surface area contributed by atoms with Gasteiger partial charge in [-0.25, -0.2) is 18.0 Å². The number of ether oxygens (including phenoxy) is 1. The molecular weight excluding hydrogens is 277 g/mol. The normalized spacial score (nSPS) is 13.1. The maximum atomic E-state index is 11.2. The number of rotatable bonds is 4. The zero-order valence-corrected chi connectivity index (χ0v) is 13.4. The zero-order chi connectivity index (χ0) is 13.9. The van der Waals surface area contributed by atoms with Crippen LogP contribution in [0.4, 0.5) is 4.79 Å². The van der Waals surface area contributed by atoms with Crippen molar-refractivity contribution in [1.82, 2.24) is 5.32 Å². The molecule has 100 valence electrons. The first-order chi connectivity index (χ1) is 7.41. The molecule has 10 heteroatoms. The van der Waals surface area contributed by atoms with E-state index in [1.807, 2.05) is 0 Å². The molecule has 0 unspecified atom stereocenters. The van der Waals surface area contributed by atoms with Crippen molar-refractivity contribution in [3.63, 3.8) is 0 Å². The smallest absolute Gasteiger partial charge is 0.748 e. The van der Waals surface area contributed by atoms with Gasteiger partial charge in [-0.3, -0.25) is 0 Å². The maximum Gasteiger partial charge on any atom is 1.00 e. The number of amides is 1. The van der Waals surface area contributed by atoms with E-state index in [4.69, 9.17) is 9.84 Å². The first-order valence-corrected chi connectivity index (χ1v) is 6.14. The quantitative estimate of drug-likeness (QED) is 0.406. The number of carbonyl (C=O) groups is 2. The second-order valence-electron chi connectivity index (χ2n) is 4.26. The third kappa shape index (κ3) is 10.8. The Morgan fingerprint density at radius 3 is 2.11 bits per heavy atom. The summed E-state index contributed by atoms with van der Waals surface area (Å²) < 4.78 is 35.9. The summed E-state index contributed by atoms with van der Waals surface area (Å²) in [5.41, 5.74) is -0.858. The summed E-state index contributed by atoms with van der Waals surface area (Å²) in [4.78, 5) is 21.8. The number of carboxylic acids is 1. The molecule has 0 radical (unpaired) electrons. The van der Waals surface area contributed by atoms with E-state index in [2.05, 4.69) is 0 Å². The summed E-state index contributed by atoms with van der Waals surface area (Å²) in [6.07, 6.45) is -1.10. The monoisotopic (exact) mass is 291 g/mol. The molecule has 0 aromatic rings. The van der Waals surface area contributed by atoms with E-state index in [9.17, 15) is 22.6 Å². The predicted octanol–water partition coefficient (Wildman–Crippen LogP) is -3.49. The minimum absolute atomic E-state index is 0. The molecule has 0 rings (SSSR count). The second-order valence-corrected chi connectivity index (χ2v) is 5.71. The van der Waals surface area contributed by atoms with Crippen molar-refractivity contribution in [3.05, 3.63) is 0 Å². The average molecular weight is 291 g/mol. The Morgan fingerprint density at radius 2 is 1.83 bits per heavy atom. The summed E-state index contributed by atoms with van der Waals surface area (Å²) in [5, 5.41) is 10.4. The van der Waals surface area contributed by atoms with Crippen LogP contribution in [0.3, 0.4) is 0 Å². The van der Waals surface area contributed by atoms with Gasteiger partial charge in [0.05, 0.1) is 15.9 Å². The molecule has 0 bridgehead atoms. The van der Waals surface area contributed by atoms with Gasteiger partial charge >= 0.3 is 41.6 Å². The van der Waals surface area contributed by atoms with Crippen LogP contribution >= 0.6 is 0 Å². The predicted molar refractivity (Wildman–Crippen MR) is 55.4 cm³/mol. The molecule has 0 aliphatic heterocycles. The average Bonchev–Trinajstić information content (AvgIpc) is 1.95. The second kappa shape index (κ2) is 7.29. The molecule has 0 heterocycles. The Labute approximate surface area is 127 Å². The molecule has 1 amide bonds. The Kier molecular flexibility index (Phi) is 8.09. The van der Waals surface area contributed by atoms with Crippen LogP contribution in [0.15, 0.2) is 0 Å². The first-order valence-electron chi connectivity index (χ1n) is 4.56. The van der Waals surface area contributed by atoms with Gasteiger partial charge in [-0.05, 0) is 20.8 Å². The van der Waals surface area contributed by atoms with Crippen molar-refractivity contribution in [3.8, 4) is 0 Å². The molecule has 0 spiro atoms. The van der Waals surface area contributed by atoms with Crippen LogP contribution in [0.1, 0.15) is 20.8 Å². The van der Waals surface area contributed by atoms with Crippen LogP contribution in [-0.2, 0) is 19.6 Å². The maximum absolute atomic E-state index is 11.2. The van der Waals surface area contributed by atoms with E-state index in [-0.39, 0.29) is 29.6 Å². The number of aliphatic carboxylic acids is 1. The molecule has 0 fully saturated rings. The Hall–Kier alpha value is -0.350. The van der Waals surface area contributed by atoms with Gasteiger partial charge in [0.25, 0.3) is 0 Å². The molecule has 18 heavy (non-hydrogen) atoms. The minimum Gasteiger partial charge on any atom is -0.748 e. The Bertz CT molecular complexity index is 400. The summed E-state index contributed by atoms with van der Waals surface area (Å²) in [5.74, 6) is -2.86. The van der Waals surface area contributed by atoms with Crippen LogP contribution < -0.4 is 34.9 Å². The standard InChI is InChI=1S/C8H15NO7S.Na/c1-8(2,3)16-7(12)9-5(6(10)11)4-17(13,14)15;/h5H,4H2,1-3H3,(H,9,12)(H,10,11)(H,13,14,15);/q;+1/p-1/t5-;/m0./s1. The summed E-state index contributed by atoms with van der Waals surface area (Å²) in [6, 6.07) is -1.83. The van der Waals surface area contributed by atoms with Crippen molar-refractivity contribution < 1.29 is 62.0 Å². The molecule has 0 saturated heterocycles. The van der Waals surface area contributed by atoms with Crippen LogP contribution in [0.25, 0.3) is 0 Å². The van der Waals surface area contributed by atoms with Crippen molar-refractivity contribution in [1.29, 1.82) is 0 Å². The molecular formula is C8H14NNaO7S. The Balaban J connectivity index is 0. The van der Waals surface area contributed by atoms with Gasteiger partial charge in [0, 0.05) is 0 Å². The largest absolute Gasteiger partial charge is 1.00 e. The van der Waals surface area contributed by atoms with Gasteiger partial charge < -0.3 is 19.7 Å². The van der Waals surface area contributed by atoms with Gasteiger partial charge in [0.2, 0.25) is 0 Å². The fraction of sp³-hybridized carbons (Fsp3) is 0.750. The van der Waals surface area contributed by atoms with Gasteiger partial charge in [0.15, 0.2) is 0 Å². The summed E-state index contributed by atoms with van der Waals surface area (Å²) in [7, 11) is -4.76. The van der Waals surface area contributed by atoms with Crippen molar-refractivity contribution in [2.24, 2.45) is 0 Å². The van der Waals surface area contributed by atoms with Crippen LogP contribution in [-0.4, -0.2) is 47.5 Å². The molecule has 1 atom stereocenters. The SMILES string of the molecule is CC(C)(C)OC(=O)N[C@@H](CS(=O)(=O)[O-])C(=O)O.[Na+]. The molecule has 0 aliphatic carbocycles. The summed E-state index contributed by atoms with van der Waals surface area (Å²) in [6.45, 7) is 4.64. The van der Waals surface area contributed by atoms with Gasteiger partial charge in [-0.1, -0.05) is 0 Å². The van der Waals surface area contributed by atoms with E-state index in [0.717, 1.165) is 0 Å². The molecule has 2 N–H and O–H groups in total. The Morgan fingerprint density at radius 1 is 1.39 bits per heavy atom. The topological polar surface area (TPSA) is 133 Å². The first kappa shape index (κ1) is 20.0. The molecule has 0 aromatic heterocycles. The number of carbonyl (C=O) groups excluding carboxylic acids is 1. The van der Waals surface area contributed by atoms with E-state index >= 15 is 0 Å². The van der Waals surface area contributed by atoms with E-state index in [1.165, 1.54) is 0 Å². The number of nitrogens with one attached hydrogen (secondary N) is 1. The van der Waals surface area contributed by atoms with Gasteiger partial charge in [-0.15, -0.1) is 0 Å². The third-order valence-electron chi connectivity index (χ3n) is 1.36. The molecule has 0 aromatic carbocycles. The number of hydrogen-bond donors (Lipinski definition) is 2. The number of hydrogen-bond acceptors (Lipinski definition) is 6. The van der Waals surface area contributed by atoms with Gasteiger partial charge in [0.1, 0.15) is 11.6 Å². The van der Waals surface area contributed by atoms with Crippen molar-refractivity contribution in [2.75, 3.05) is 5.75 Å². The van der Waals surface area contributed by atoms with E-state index < -0.39 is 39.6 Å². The van der Waals surface area contributed by atoms with Crippen LogP contribution in [0.2, 0.25) is 0 Å². The van der Waals surface area contributed by atoms with Crippen molar-refractivity contribution >= 4 is 22.2 Å². The zero-order valence-electron chi connectivity index (χ0n) is 10.6. The fourth-order valence-electron chi connectivity index (χ4n) is 0.829. The molecule has 8 nitrogen and oxygen atoms in total. The van der Waals surface area contributed by atoms with E-state index in [1.54, 1.807) is 26.1 Å². The van der Waals surface area contributed by atoms with E-state index in [0.29, 0.717) is 0 Å². The minimum atomic E-state index is -4.76.